The number of nitrogens with one attached hydrogen (secondary N) is 1. The zero-order chi connectivity index (χ0) is 17.7. The molecule has 2 aromatic rings. The van der Waals surface area contributed by atoms with Gasteiger partial charge in [0.15, 0.2) is 0 Å². The van der Waals surface area contributed by atoms with Crippen LogP contribution in [0.2, 0.25) is 0 Å². The van der Waals surface area contributed by atoms with E-state index in [9.17, 15) is 9.59 Å². The van der Waals surface area contributed by atoms with Gasteiger partial charge in [0.2, 0.25) is 5.91 Å². The summed E-state index contributed by atoms with van der Waals surface area (Å²) in [7, 11) is 1.60. The molecule has 0 aliphatic carbocycles. The van der Waals surface area contributed by atoms with E-state index in [0.717, 1.165) is 0 Å². The molecular weight excluding hydrogens is 306 g/mol. The smallest absolute Gasteiger partial charge is 0.258 e. The minimum atomic E-state index is -0.189. The quantitative estimate of drug-likeness (QED) is 0.881. The second-order valence-corrected chi connectivity index (χ2v) is 7.08. The fraction of sp³-hybridized carbons (Fsp3) is 0.500. The Balaban J connectivity index is 2.25. The highest BCUT2D eigenvalue weighted by atomic mass is 16.5. The molecule has 0 atom stereocenters. The van der Waals surface area contributed by atoms with Crippen LogP contribution in [0, 0.1) is 5.41 Å². The number of fused-ring (bicyclic) bond motifs is 1. The number of hydrogen-bond acceptors (Lipinski definition) is 4. The van der Waals surface area contributed by atoms with Crippen molar-refractivity contribution in [3.63, 3.8) is 0 Å². The first-order chi connectivity index (χ1) is 11.3. The van der Waals surface area contributed by atoms with Crippen LogP contribution in [-0.2, 0) is 16.1 Å². The average Bonchev–Trinajstić information content (AvgIpc) is 2.49. The molecule has 6 heteroatoms. The van der Waals surface area contributed by atoms with Crippen molar-refractivity contribution in [1.82, 2.24) is 14.9 Å². The van der Waals surface area contributed by atoms with E-state index in [1.807, 2.05) is 26.8 Å². The zero-order valence-corrected chi connectivity index (χ0v) is 14.8. The predicted octanol–water partition coefficient (Wildman–Crippen LogP) is 2.33. The third-order valence-electron chi connectivity index (χ3n) is 3.60. The van der Waals surface area contributed by atoms with Crippen LogP contribution >= 0.6 is 0 Å². The van der Waals surface area contributed by atoms with Crippen LogP contribution in [0.1, 0.15) is 33.0 Å². The van der Waals surface area contributed by atoms with Crippen molar-refractivity contribution >= 4 is 16.8 Å². The van der Waals surface area contributed by atoms with E-state index in [1.54, 1.807) is 30.2 Å². The van der Waals surface area contributed by atoms with E-state index < -0.39 is 0 Å². The van der Waals surface area contributed by atoms with E-state index in [-0.39, 0.29) is 23.4 Å². The second kappa shape index (κ2) is 7.57. The van der Waals surface area contributed by atoms with Gasteiger partial charge in [0.05, 0.1) is 24.1 Å². The topological polar surface area (TPSA) is 75.3 Å². The van der Waals surface area contributed by atoms with Crippen molar-refractivity contribution in [3.05, 3.63) is 40.4 Å². The molecule has 24 heavy (non-hydrogen) atoms. The number of para-hydroxylation sites is 1. The molecule has 2 rings (SSSR count). The molecule has 0 unspecified atom stereocenters. The lowest BCUT2D eigenvalue weighted by atomic mass is 9.91. The average molecular weight is 331 g/mol. The Morgan fingerprint density at radius 2 is 2.00 bits per heavy atom. The standard InChI is InChI=1S/C18H25N3O3/c1-18(2,3)11-16(22)21(9-10-24-4)12-15-19-14-8-6-5-7-13(14)17(23)20-15/h5-8H,9-12H2,1-4H3,(H,19,20,23). The molecule has 0 radical (unpaired) electrons. The van der Waals surface area contributed by atoms with E-state index in [1.165, 1.54) is 0 Å². The number of nitrogens with zero attached hydrogens (tertiary/aromatic N) is 2. The highest BCUT2D eigenvalue weighted by Gasteiger charge is 2.22. The van der Waals surface area contributed by atoms with E-state index in [4.69, 9.17) is 4.74 Å². The Labute approximate surface area is 141 Å². The van der Waals surface area contributed by atoms with Crippen molar-refractivity contribution in [2.75, 3.05) is 20.3 Å². The first kappa shape index (κ1) is 18.1. The van der Waals surface area contributed by atoms with Crippen molar-refractivity contribution in [1.29, 1.82) is 0 Å². The molecule has 1 aromatic heterocycles. The first-order valence-corrected chi connectivity index (χ1v) is 8.05. The third-order valence-corrected chi connectivity index (χ3v) is 3.60. The summed E-state index contributed by atoms with van der Waals surface area (Å²) < 4.78 is 5.10. The maximum absolute atomic E-state index is 12.6. The molecular formula is C18H25N3O3. The van der Waals surface area contributed by atoms with Gasteiger partial charge < -0.3 is 14.6 Å². The number of hydrogen-bond donors (Lipinski definition) is 1. The number of aromatic amines is 1. The van der Waals surface area contributed by atoms with Crippen LogP contribution < -0.4 is 5.56 Å². The third kappa shape index (κ3) is 4.89. The van der Waals surface area contributed by atoms with Crippen molar-refractivity contribution in [2.45, 2.75) is 33.7 Å². The molecule has 1 heterocycles. The highest BCUT2D eigenvalue weighted by Crippen LogP contribution is 2.20. The summed E-state index contributed by atoms with van der Waals surface area (Å²) in [5.41, 5.74) is 0.337. The predicted molar refractivity (Wildman–Crippen MR) is 93.7 cm³/mol. The molecule has 0 spiro atoms. The number of methoxy groups -OCH3 is 1. The first-order valence-electron chi connectivity index (χ1n) is 8.05. The second-order valence-electron chi connectivity index (χ2n) is 7.08. The number of H-pyrrole nitrogens is 1. The normalized spacial score (nSPS) is 11.7. The lowest BCUT2D eigenvalue weighted by Gasteiger charge is -2.26. The van der Waals surface area contributed by atoms with Gasteiger partial charge in [-0.25, -0.2) is 4.98 Å². The lowest BCUT2D eigenvalue weighted by Crippen LogP contribution is -2.36. The molecule has 0 bridgehead atoms. The van der Waals surface area contributed by atoms with Crippen molar-refractivity contribution in [2.24, 2.45) is 5.41 Å². The summed E-state index contributed by atoms with van der Waals surface area (Å²) in [6.07, 6.45) is 0.425. The molecule has 0 saturated heterocycles. The van der Waals surface area contributed by atoms with Gasteiger partial charge in [-0.1, -0.05) is 32.9 Å². The number of carbonyl (C=O) groups is 1. The molecule has 1 amide bonds. The number of ether oxygens (including phenoxy) is 1. The Hall–Kier alpha value is -2.21. The number of benzene rings is 1. The van der Waals surface area contributed by atoms with Gasteiger partial charge >= 0.3 is 0 Å². The van der Waals surface area contributed by atoms with Crippen LogP contribution in [0.3, 0.4) is 0 Å². The van der Waals surface area contributed by atoms with Gasteiger partial charge in [0.25, 0.3) is 5.56 Å². The van der Waals surface area contributed by atoms with Crippen molar-refractivity contribution in [3.8, 4) is 0 Å². The summed E-state index contributed by atoms with van der Waals surface area (Å²) in [4.78, 5) is 33.7. The van der Waals surface area contributed by atoms with Crippen LogP contribution in [0.25, 0.3) is 10.9 Å². The lowest BCUT2D eigenvalue weighted by molar-refractivity contribution is -0.134. The fourth-order valence-electron chi connectivity index (χ4n) is 2.45. The van der Waals surface area contributed by atoms with Gasteiger partial charge in [-0.05, 0) is 17.5 Å². The number of aromatic nitrogens is 2. The summed E-state index contributed by atoms with van der Waals surface area (Å²) in [6, 6.07) is 7.17. The maximum Gasteiger partial charge on any atom is 0.258 e. The maximum atomic E-state index is 12.6. The van der Waals surface area contributed by atoms with Crippen LogP contribution in [0.15, 0.2) is 29.1 Å². The number of amides is 1. The minimum absolute atomic E-state index is 0.0235. The molecule has 1 aromatic carbocycles. The zero-order valence-electron chi connectivity index (χ0n) is 14.8. The number of carbonyl (C=O) groups excluding carboxylic acids is 1. The monoisotopic (exact) mass is 331 g/mol. The molecule has 6 nitrogen and oxygen atoms in total. The molecule has 130 valence electrons. The Morgan fingerprint density at radius 3 is 2.67 bits per heavy atom. The summed E-state index contributed by atoms with van der Waals surface area (Å²) >= 11 is 0. The molecule has 0 saturated carbocycles. The molecule has 0 fully saturated rings. The van der Waals surface area contributed by atoms with Crippen LogP contribution in [0.5, 0.6) is 0 Å². The summed E-state index contributed by atoms with van der Waals surface area (Å²) in [6.45, 7) is 7.23. The van der Waals surface area contributed by atoms with Gasteiger partial charge in [-0.15, -0.1) is 0 Å². The molecule has 0 aliphatic rings. The Bertz CT molecular complexity index is 762. The largest absolute Gasteiger partial charge is 0.383 e. The van der Waals surface area contributed by atoms with Gasteiger partial charge in [0.1, 0.15) is 5.82 Å². The SMILES string of the molecule is COCCN(Cc1nc2ccccc2c(=O)[nH]1)C(=O)CC(C)(C)C. The molecule has 1 N–H and O–H groups in total. The van der Waals surface area contributed by atoms with E-state index in [0.29, 0.717) is 36.3 Å². The summed E-state index contributed by atoms with van der Waals surface area (Å²) in [5.74, 6) is 0.507. The Morgan fingerprint density at radius 1 is 1.29 bits per heavy atom. The van der Waals surface area contributed by atoms with E-state index >= 15 is 0 Å². The number of rotatable bonds is 6. The van der Waals surface area contributed by atoms with Crippen LogP contribution in [0.4, 0.5) is 0 Å². The minimum Gasteiger partial charge on any atom is -0.383 e. The fourth-order valence-corrected chi connectivity index (χ4v) is 2.45. The van der Waals surface area contributed by atoms with Gasteiger partial charge in [-0.3, -0.25) is 9.59 Å². The summed E-state index contributed by atoms with van der Waals surface area (Å²) in [5, 5.41) is 0.547. The Kier molecular flexibility index (Phi) is 5.72. The highest BCUT2D eigenvalue weighted by molar-refractivity contribution is 5.78. The van der Waals surface area contributed by atoms with Gasteiger partial charge in [0, 0.05) is 20.1 Å². The van der Waals surface area contributed by atoms with Crippen molar-refractivity contribution < 1.29 is 9.53 Å². The molecule has 0 aliphatic heterocycles. The van der Waals surface area contributed by atoms with Crippen LogP contribution in [-0.4, -0.2) is 41.0 Å². The van der Waals surface area contributed by atoms with E-state index in [2.05, 4.69) is 9.97 Å². The van der Waals surface area contributed by atoms with Gasteiger partial charge in [-0.2, -0.15) is 0 Å².